The fourth-order valence-electron chi connectivity index (χ4n) is 8.78. The summed E-state index contributed by atoms with van der Waals surface area (Å²) in [6.45, 7) is 7.33. The van der Waals surface area contributed by atoms with Gasteiger partial charge in [0.15, 0.2) is 0 Å². The van der Waals surface area contributed by atoms with Crippen molar-refractivity contribution in [3.05, 3.63) is 0 Å². The molecule has 4 aliphatic rings. The largest absolute Gasteiger partial charge is 0.481 e. The van der Waals surface area contributed by atoms with Gasteiger partial charge in [0.2, 0.25) is 0 Å². The molecule has 7 unspecified atom stereocenters. The molecule has 0 saturated heterocycles. The second-order valence-electron chi connectivity index (χ2n) is 11.2. The van der Waals surface area contributed by atoms with E-state index in [2.05, 4.69) is 20.8 Å². The molecule has 27 heavy (non-hydrogen) atoms. The molecule has 0 heterocycles. The molecule has 3 nitrogen and oxygen atoms in total. The van der Waals surface area contributed by atoms with E-state index in [-0.39, 0.29) is 6.10 Å². The second-order valence-corrected chi connectivity index (χ2v) is 11.2. The van der Waals surface area contributed by atoms with Gasteiger partial charge in [0.25, 0.3) is 0 Å². The van der Waals surface area contributed by atoms with E-state index in [1.54, 1.807) is 0 Å². The minimum atomic E-state index is -0.663. The van der Waals surface area contributed by atoms with Crippen LogP contribution < -0.4 is 0 Å². The van der Waals surface area contributed by atoms with E-state index >= 15 is 0 Å². The van der Waals surface area contributed by atoms with Crippen LogP contribution in [0.3, 0.4) is 0 Å². The third-order valence-corrected chi connectivity index (χ3v) is 10.2. The number of aliphatic carboxylic acids is 1. The highest BCUT2D eigenvalue weighted by atomic mass is 16.4. The SMILES string of the molecule is C[C@H](CCC(=O)O)C1CC[C@H]2C3C(O)CC4CCCCC4(C)C3CCC12C. The number of carboxylic acids is 1. The lowest BCUT2D eigenvalue weighted by Crippen LogP contribution is -2.57. The predicted molar refractivity (Wildman–Crippen MR) is 107 cm³/mol. The van der Waals surface area contributed by atoms with Gasteiger partial charge < -0.3 is 10.2 Å². The van der Waals surface area contributed by atoms with Crippen LogP contribution in [0.5, 0.6) is 0 Å². The molecule has 154 valence electrons. The number of hydrogen-bond acceptors (Lipinski definition) is 2. The van der Waals surface area contributed by atoms with Crippen molar-refractivity contribution in [3.8, 4) is 0 Å². The van der Waals surface area contributed by atoms with E-state index in [1.807, 2.05) is 0 Å². The van der Waals surface area contributed by atoms with Gasteiger partial charge in [-0.2, -0.15) is 0 Å². The van der Waals surface area contributed by atoms with Crippen molar-refractivity contribution in [2.45, 2.75) is 97.5 Å². The van der Waals surface area contributed by atoms with Crippen LogP contribution in [-0.2, 0) is 4.79 Å². The molecular formula is C24H40O3. The Morgan fingerprint density at radius 2 is 1.78 bits per heavy atom. The molecule has 0 amide bonds. The minimum Gasteiger partial charge on any atom is -0.481 e. The standard InChI is InChI=1S/C24H40O3/c1-15(7-10-21(26)27)17-8-9-18-22-19(11-13-24(17,18)3)23(2)12-5-4-6-16(23)14-20(22)25/h15-20,22,25H,4-14H2,1-3H3,(H,26,27)/t15-,16?,17?,18+,19?,20?,22?,23?,24?/m1/s1. The zero-order chi connectivity index (χ0) is 19.4. The molecule has 9 atom stereocenters. The van der Waals surface area contributed by atoms with Crippen LogP contribution in [0.2, 0.25) is 0 Å². The molecule has 4 saturated carbocycles. The quantitative estimate of drug-likeness (QED) is 0.680. The summed E-state index contributed by atoms with van der Waals surface area (Å²) >= 11 is 0. The molecule has 4 rings (SSSR count). The maximum Gasteiger partial charge on any atom is 0.303 e. The van der Waals surface area contributed by atoms with Gasteiger partial charge in [0.05, 0.1) is 6.10 Å². The summed E-state index contributed by atoms with van der Waals surface area (Å²) in [6, 6.07) is 0. The predicted octanol–water partition coefficient (Wildman–Crippen LogP) is 5.51. The van der Waals surface area contributed by atoms with Gasteiger partial charge in [-0.15, -0.1) is 0 Å². The fourth-order valence-corrected chi connectivity index (χ4v) is 8.78. The van der Waals surface area contributed by atoms with E-state index in [9.17, 15) is 9.90 Å². The van der Waals surface area contributed by atoms with Crippen molar-refractivity contribution in [2.75, 3.05) is 0 Å². The van der Waals surface area contributed by atoms with Crippen molar-refractivity contribution >= 4 is 5.97 Å². The monoisotopic (exact) mass is 376 g/mol. The highest BCUT2D eigenvalue weighted by Gasteiger charge is 2.62. The summed E-state index contributed by atoms with van der Waals surface area (Å²) in [7, 11) is 0. The Kier molecular flexibility index (Phi) is 5.15. The molecule has 0 aromatic carbocycles. The molecule has 0 bridgehead atoms. The zero-order valence-corrected chi connectivity index (χ0v) is 17.6. The number of aliphatic hydroxyl groups excluding tert-OH is 1. The van der Waals surface area contributed by atoms with Gasteiger partial charge in [-0.25, -0.2) is 0 Å². The minimum absolute atomic E-state index is 0.108. The van der Waals surface area contributed by atoms with Crippen LogP contribution in [0.1, 0.15) is 91.4 Å². The first-order valence-corrected chi connectivity index (χ1v) is 11.7. The molecular weight excluding hydrogens is 336 g/mol. The summed E-state index contributed by atoms with van der Waals surface area (Å²) in [4.78, 5) is 11.0. The Labute approximate surface area is 165 Å². The normalized spacial score (nSPS) is 50.4. The molecule has 0 aromatic rings. The molecule has 4 aliphatic carbocycles. The molecule has 3 heteroatoms. The highest BCUT2D eigenvalue weighted by Crippen LogP contribution is 2.68. The van der Waals surface area contributed by atoms with Gasteiger partial charge in [-0.3, -0.25) is 4.79 Å². The first kappa shape index (κ1) is 19.7. The number of aliphatic hydroxyl groups is 1. The second kappa shape index (κ2) is 7.04. The van der Waals surface area contributed by atoms with Gasteiger partial charge in [0.1, 0.15) is 0 Å². The van der Waals surface area contributed by atoms with E-state index in [1.165, 1.54) is 51.4 Å². The van der Waals surface area contributed by atoms with Gasteiger partial charge >= 0.3 is 5.97 Å². The molecule has 0 radical (unpaired) electrons. The van der Waals surface area contributed by atoms with Crippen LogP contribution in [0, 0.1) is 46.3 Å². The van der Waals surface area contributed by atoms with Gasteiger partial charge in [0, 0.05) is 6.42 Å². The highest BCUT2D eigenvalue weighted by molar-refractivity contribution is 5.66. The molecule has 4 fully saturated rings. The third-order valence-electron chi connectivity index (χ3n) is 10.2. The Balaban J connectivity index is 1.56. The van der Waals surface area contributed by atoms with Crippen LogP contribution in [0.25, 0.3) is 0 Å². The van der Waals surface area contributed by atoms with Crippen LogP contribution in [0.4, 0.5) is 0 Å². The Morgan fingerprint density at radius 3 is 2.52 bits per heavy atom. The molecule has 0 aromatic heterocycles. The van der Waals surface area contributed by atoms with Crippen molar-refractivity contribution < 1.29 is 15.0 Å². The summed E-state index contributed by atoms with van der Waals surface area (Å²) in [6.07, 6.45) is 12.5. The molecule has 2 N–H and O–H groups in total. The lowest BCUT2D eigenvalue weighted by molar-refractivity contribution is -0.164. The lowest BCUT2D eigenvalue weighted by atomic mass is 9.44. The van der Waals surface area contributed by atoms with Crippen molar-refractivity contribution in [1.29, 1.82) is 0 Å². The Morgan fingerprint density at radius 1 is 1.04 bits per heavy atom. The van der Waals surface area contributed by atoms with Gasteiger partial charge in [-0.05, 0) is 97.7 Å². The zero-order valence-electron chi connectivity index (χ0n) is 17.6. The fraction of sp³-hybridized carbons (Fsp3) is 0.958. The first-order valence-electron chi connectivity index (χ1n) is 11.7. The van der Waals surface area contributed by atoms with E-state index in [0.717, 1.165) is 18.8 Å². The van der Waals surface area contributed by atoms with Crippen LogP contribution in [-0.4, -0.2) is 22.3 Å². The van der Waals surface area contributed by atoms with Crippen molar-refractivity contribution in [1.82, 2.24) is 0 Å². The third kappa shape index (κ3) is 3.07. The summed E-state index contributed by atoms with van der Waals surface area (Å²) in [5.41, 5.74) is 0.758. The summed E-state index contributed by atoms with van der Waals surface area (Å²) < 4.78 is 0. The molecule has 0 spiro atoms. The molecule has 0 aliphatic heterocycles. The first-order chi connectivity index (χ1) is 12.8. The van der Waals surface area contributed by atoms with Crippen molar-refractivity contribution in [2.24, 2.45) is 46.3 Å². The average Bonchev–Trinajstić information content (AvgIpc) is 2.97. The number of rotatable bonds is 4. The number of carboxylic acid groups (broad SMARTS) is 1. The van der Waals surface area contributed by atoms with E-state index in [0.29, 0.717) is 46.8 Å². The number of fused-ring (bicyclic) bond motifs is 5. The van der Waals surface area contributed by atoms with Gasteiger partial charge in [-0.1, -0.05) is 33.6 Å². The number of carbonyl (C=O) groups is 1. The Hall–Kier alpha value is -0.570. The van der Waals surface area contributed by atoms with E-state index < -0.39 is 5.97 Å². The van der Waals surface area contributed by atoms with Crippen LogP contribution >= 0.6 is 0 Å². The summed E-state index contributed by atoms with van der Waals surface area (Å²) in [5, 5.41) is 20.3. The topological polar surface area (TPSA) is 57.5 Å². The number of hydrogen-bond donors (Lipinski definition) is 2. The smallest absolute Gasteiger partial charge is 0.303 e. The van der Waals surface area contributed by atoms with Crippen LogP contribution in [0.15, 0.2) is 0 Å². The lowest BCUT2D eigenvalue weighted by Gasteiger charge is -2.62. The van der Waals surface area contributed by atoms with E-state index in [4.69, 9.17) is 5.11 Å². The average molecular weight is 377 g/mol. The maximum atomic E-state index is 11.2. The van der Waals surface area contributed by atoms with Crippen molar-refractivity contribution in [3.63, 3.8) is 0 Å². The maximum absolute atomic E-state index is 11.2. The summed E-state index contributed by atoms with van der Waals surface area (Å²) in [5.74, 6) is 3.02. The Bertz CT molecular complexity index is 574.